The van der Waals surface area contributed by atoms with Gasteiger partial charge in [0.25, 0.3) is 0 Å². The second-order valence-corrected chi connectivity index (χ2v) is 7.23. The molecule has 0 aromatic heterocycles. The van der Waals surface area contributed by atoms with Gasteiger partial charge in [0.2, 0.25) is 5.91 Å². The predicted octanol–water partition coefficient (Wildman–Crippen LogP) is 6.51. The minimum absolute atomic E-state index is 0.165. The van der Waals surface area contributed by atoms with Crippen molar-refractivity contribution in [1.82, 2.24) is 0 Å². The number of carbonyl (C=O) groups is 2. The zero-order valence-electron chi connectivity index (χ0n) is 15.2. The first-order valence-corrected chi connectivity index (χ1v) is 9.49. The van der Waals surface area contributed by atoms with Crippen molar-refractivity contribution >= 4 is 40.6 Å². The maximum absolute atomic E-state index is 12.8. The van der Waals surface area contributed by atoms with Crippen LogP contribution in [0.4, 0.5) is 18.9 Å². The number of alkyl halides is 4. The number of carbonyl (C=O) groups excluding carboxylic acids is 2. The van der Waals surface area contributed by atoms with Crippen LogP contribution < -0.4 is 5.32 Å². The number of benzene rings is 3. The van der Waals surface area contributed by atoms with Gasteiger partial charge in [0.15, 0.2) is 5.78 Å². The summed E-state index contributed by atoms with van der Waals surface area (Å²) in [6.45, 7) is 0. The van der Waals surface area contributed by atoms with E-state index in [1.54, 1.807) is 30.3 Å². The Morgan fingerprint density at radius 2 is 1.53 bits per heavy atom. The van der Waals surface area contributed by atoms with Crippen molar-refractivity contribution in [2.45, 2.75) is 11.6 Å². The van der Waals surface area contributed by atoms with Crippen molar-refractivity contribution in [3.63, 3.8) is 0 Å². The minimum Gasteiger partial charge on any atom is -0.324 e. The average Bonchev–Trinajstić information content (AvgIpc) is 2.74. The van der Waals surface area contributed by atoms with Crippen molar-refractivity contribution in [2.75, 3.05) is 5.32 Å². The van der Waals surface area contributed by atoms with Gasteiger partial charge in [0, 0.05) is 16.1 Å². The number of amides is 1. The van der Waals surface area contributed by atoms with E-state index in [1.165, 1.54) is 18.2 Å². The largest absolute Gasteiger partial charge is 0.416 e. The third kappa shape index (κ3) is 5.01. The average molecular weight is 452 g/mol. The highest BCUT2D eigenvalue weighted by Gasteiger charge is 2.30. The van der Waals surface area contributed by atoms with Crippen LogP contribution in [0, 0.1) is 0 Å². The first-order valence-electron chi connectivity index (χ1n) is 8.68. The van der Waals surface area contributed by atoms with Crippen LogP contribution in [-0.2, 0) is 11.0 Å². The van der Waals surface area contributed by atoms with Gasteiger partial charge in [-0.15, -0.1) is 11.6 Å². The van der Waals surface area contributed by atoms with Gasteiger partial charge in [-0.25, -0.2) is 0 Å². The van der Waals surface area contributed by atoms with Crippen molar-refractivity contribution in [2.24, 2.45) is 0 Å². The lowest BCUT2D eigenvalue weighted by Gasteiger charge is -2.15. The van der Waals surface area contributed by atoms with Crippen LogP contribution >= 0.6 is 23.2 Å². The molecule has 0 fully saturated rings. The summed E-state index contributed by atoms with van der Waals surface area (Å²) in [4.78, 5) is 25.4. The van der Waals surface area contributed by atoms with Gasteiger partial charge in [0.05, 0.1) is 11.3 Å². The van der Waals surface area contributed by atoms with E-state index >= 15 is 0 Å². The van der Waals surface area contributed by atoms with E-state index in [-0.39, 0.29) is 22.6 Å². The highest BCUT2D eigenvalue weighted by molar-refractivity contribution is 6.33. The van der Waals surface area contributed by atoms with E-state index in [0.717, 1.165) is 24.3 Å². The van der Waals surface area contributed by atoms with E-state index in [4.69, 9.17) is 23.2 Å². The Bertz CT molecular complexity index is 1070. The normalized spacial score (nSPS) is 12.3. The van der Waals surface area contributed by atoms with Crippen LogP contribution in [0.25, 0.3) is 0 Å². The van der Waals surface area contributed by atoms with Gasteiger partial charge in [-0.2, -0.15) is 13.2 Å². The summed E-state index contributed by atoms with van der Waals surface area (Å²) in [6.07, 6.45) is -4.49. The summed E-state index contributed by atoms with van der Waals surface area (Å²) in [5.74, 6) is -1.05. The van der Waals surface area contributed by atoms with Gasteiger partial charge in [0.1, 0.15) is 5.38 Å². The second kappa shape index (κ2) is 8.90. The van der Waals surface area contributed by atoms with Crippen molar-refractivity contribution in [3.8, 4) is 0 Å². The molecule has 154 valence electrons. The molecule has 0 aliphatic heterocycles. The summed E-state index contributed by atoms with van der Waals surface area (Å²) >= 11 is 12.2. The Kier molecular flexibility index (Phi) is 6.48. The first kappa shape index (κ1) is 21.9. The summed E-state index contributed by atoms with van der Waals surface area (Å²) in [5, 5.41) is 1.60. The molecule has 0 saturated heterocycles. The van der Waals surface area contributed by atoms with Gasteiger partial charge in [-0.1, -0.05) is 54.1 Å². The number of anilines is 1. The predicted molar refractivity (Wildman–Crippen MR) is 110 cm³/mol. The van der Waals surface area contributed by atoms with Gasteiger partial charge >= 0.3 is 6.18 Å². The molecule has 0 aliphatic carbocycles. The molecular weight excluding hydrogens is 438 g/mol. The van der Waals surface area contributed by atoms with Crippen LogP contribution in [0.2, 0.25) is 5.02 Å². The molecule has 0 radical (unpaired) electrons. The number of hydrogen-bond acceptors (Lipinski definition) is 2. The zero-order valence-corrected chi connectivity index (χ0v) is 16.7. The Labute approximate surface area is 180 Å². The summed E-state index contributed by atoms with van der Waals surface area (Å²) in [5.41, 5.74) is 0.102. The van der Waals surface area contributed by atoms with E-state index in [9.17, 15) is 22.8 Å². The van der Waals surface area contributed by atoms with E-state index < -0.39 is 23.0 Å². The highest BCUT2D eigenvalue weighted by atomic mass is 35.5. The zero-order chi connectivity index (χ0) is 21.9. The molecule has 1 amide bonds. The molecule has 0 heterocycles. The molecule has 30 heavy (non-hydrogen) atoms. The second-order valence-electron chi connectivity index (χ2n) is 6.36. The molecule has 1 N–H and O–H groups in total. The first-order chi connectivity index (χ1) is 14.2. The number of ketones is 1. The monoisotopic (exact) mass is 451 g/mol. The molecule has 1 atom stereocenters. The van der Waals surface area contributed by atoms with Gasteiger partial charge < -0.3 is 5.32 Å². The maximum atomic E-state index is 12.8. The van der Waals surface area contributed by atoms with Gasteiger partial charge in [-0.3, -0.25) is 9.59 Å². The van der Waals surface area contributed by atoms with Crippen LogP contribution in [0.5, 0.6) is 0 Å². The molecule has 1 unspecified atom stereocenters. The summed E-state index contributed by atoms with van der Waals surface area (Å²) < 4.78 is 38.1. The Hall–Kier alpha value is -2.83. The van der Waals surface area contributed by atoms with E-state index in [0.29, 0.717) is 10.6 Å². The smallest absolute Gasteiger partial charge is 0.324 e. The van der Waals surface area contributed by atoms with Crippen LogP contribution in [0.3, 0.4) is 0 Å². The Morgan fingerprint density at radius 3 is 2.13 bits per heavy atom. The molecule has 0 saturated carbocycles. The van der Waals surface area contributed by atoms with Crippen molar-refractivity contribution < 1.29 is 22.8 Å². The SMILES string of the molecule is O=C(c1ccccc1)c1cc(Cl)ccc1NC(=O)C(Cl)c1ccc(C(F)(F)F)cc1. The quantitative estimate of drug-likeness (QED) is 0.355. The van der Waals surface area contributed by atoms with Crippen LogP contribution in [0.1, 0.15) is 32.4 Å². The lowest BCUT2D eigenvalue weighted by molar-refractivity contribution is -0.137. The summed E-state index contributed by atoms with van der Waals surface area (Å²) in [6, 6.07) is 16.8. The third-order valence-corrected chi connectivity index (χ3v) is 4.97. The number of nitrogens with one attached hydrogen (secondary N) is 1. The molecule has 3 aromatic carbocycles. The Balaban J connectivity index is 1.84. The lowest BCUT2D eigenvalue weighted by atomic mass is 10.0. The molecule has 0 bridgehead atoms. The number of rotatable bonds is 5. The molecule has 3 aromatic rings. The molecular formula is C22H14Cl2F3NO2. The fraction of sp³-hybridized carbons (Fsp3) is 0.0909. The molecule has 3 rings (SSSR count). The fourth-order valence-corrected chi connectivity index (χ4v) is 3.12. The van der Waals surface area contributed by atoms with E-state index in [1.807, 2.05) is 0 Å². The minimum atomic E-state index is -4.49. The molecule has 0 spiro atoms. The van der Waals surface area contributed by atoms with Gasteiger partial charge in [-0.05, 0) is 35.9 Å². The topological polar surface area (TPSA) is 46.2 Å². The molecule has 8 heteroatoms. The maximum Gasteiger partial charge on any atom is 0.416 e. The van der Waals surface area contributed by atoms with Crippen molar-refractivity contribution in [1.29, 1.82) is 0 Å². The number of hydrogen-bond donors (Lipinski definition) is 1. The van der Waals surface area contributed by atoms with Crippen LogP contribution in [-0.4, -0.2) is 11.7 Å². The van der Waals surface area contributed by atoms with E-state index in [2.05, 4.69) is 5.32 Å². The van der Waals surface area contributed by atoms with Crippen LogP contribution in [0.15, 0.2) is 72.8 Å². The van der Waals surface area contributed by atoms with Crippen molar-refractivity contribution in [3.05, 3.63) is 100 Å². The fourth-order valence-electron chi connectivity index (χ4n) is 2.75. The third-order valence-electron chi connectivity index (χ3n) is 4.28. The Morgan fingerprint density at radius 1 is 0.900 bits per heavy atom. The summed E-state index contributed by atoms with van der Waals surface area (Å²) in [7, 11) is 0. The highest BCUT2D eigenvalue weighted by Crippen LogP contribution is 2.32. The molecule has 3 nitrogen and oxygen atoms in total. The molecule has 0 aliphatic rings. The standard InChI is InChI=1S/C22H14Cl2F3NO2/c23-16-10-11-18(17(12-16)20(29)14-4-2-1-3-5-14)28-21(30)19(24)13-6-8-15(9-7-13)22(25,26)27/h1-12,19H,(H,28,30). The lowest BCUT2D eigenvalue weighted by Crippen LogP contribution is -2.19. The number of halogens is 5.